The van der Waals surface area contributed by atoms with Crippen molar-refractivity contribution in [2.75, 3.05) is 25.1 Å². The van der Waals surface area contributed by atoms with Crippen molar-refractivity contribution in [2.45, 2.75) is 12.8 Å². The molecular weight excluding hydrogens is 400 g/mol. The van der Waals surface area contributed by atoms with Crippen molar-refractivity contribution in [3.63, 3.8) is 0 Å². The normalized spacial score (nSPS) is 13.8. The summed E-state index contributed by atoms with van der Waals surface area (Å²) in [6.45, 7) is 2.13. The third kappa shape index (κ3) is 3.75. The maximum Gasteiger partial charge on any atom is 0.282 e. The summed E-state index contributed by atoms with van der Waals surface area (Å²) in [7, 11) is 1.65. The van der Waals surface area contributed by atoms with Crippen LogP contribution in [0, 0.1) is 0 Å². The van der Waals surface area contributed by atoms with Gasteiger partial charge in [0.2, 0.25) is 0 Å². The standard InChI is InChI=1S/C26H24N4O2/c1-32-24-17-21(29-15-7-8-16-29)14-13-20(24)18-27-30-25(19-9-3-2-4-10-19)28-23-12-6-5-11-22(23)26(30)31/h2-6,9-14,17-18H,7-8,15-16H2,1H3. The number of anilines is 1. The molecule has 5 rings (SSSR count). The SMILES string of the molecule is COc1cc(N2CCCC2)ccc1C=Nn1c(-c2ccccc2)nc2ccccc2c1=O. The quantitative estimate of drug-likeness (QED) is 0.441. The molecule has 1 aromatic heterocycles. The number of benzene rings is 3. The lowest BCUT2D eigenvalue weighted by Gasteiger charge is -2.19. The molecular formula is C26H24N4O2. The number of fused-ring (bicyclic) bond motifs is 1. The Morgan fingerprint density at radius 1 is 0.969 bits per heavy atom. The molecule has 6 nitrogen and oxygen atoms in total. The number of rotatable bonds is 5. The van der Waals surface area contributed by atoms with Crippen molar-refractivity contribution in [1.29, 1.82) is 0 Å². The molecule has 0 radical (unpaired) electrons. The predicted molar refractivity (Wildman–Crippen MR) is 129 cm³/mol. The molecule has 0 atom stereocenters. The van der Waals surface area contributed by atoms with Gasteiger partial charge in [-0.15, -0.1) is 0 Å². The molecule has 0 saturated carbocycles. The number of nitrogens with zero attached hydrogens (tertiary/aromatic N) is 4. The summed E-state index contributed by atoms with van der Waals surface area (Å²) in [5, 5.41) is 5.09. The van der Waals surface area contributed by atoms with Crippen LogP contribution in [0.4, 0.5) is 5.69 Å². The lowest BCUT2D eigenvalue weighted by atomic mass is 10.2. The second-order valence-electron chi connectivity index (χ2n) is 7.80. The van der Waals surface area contributed by atoms with Crippen LogP contribution in [-0.2, 0) is 0 Å². The first-order chi connectivity index (χ1) is 15.7. The smallest absolute Gasteiger partial charge is 0.282 e. The summed E-state index contributed by atoms with van der Waals surface area (Å²) in [6, 6.07) is 23.1. The summed E-state index contributed by atoms with van der Waals surface area (Å²) in [4.78, 5) is 20.4. The van der Waals surface area contributed by atoms with Crippen LogP contribution in [0.1, 0.15) is 18.4 Å². The van der Waals surface area contributed by atoms with E-state index >= 15 is 0 Å². The minimum absolute atomic E-state index is 0.210. The Morgan fingerprint density at radius 3 is 2.50 bits per heavy atom. The zero-order chi connectivity index (χ0) is 21.9. The van der Waals surface area contributed by atoms with E-state index in [0.717, 1.165) is 35.7 Å². The number of ether oxygens (including phenoxy) is 1. The number of aromatic nitrogens is 2. The molecule has 1 aliphatic rings. The third-order valence-electron chi connectivity index (χ3n) is 5.79. The van der Waals surface area contributed by atoms with Gasteiger partial charge in [-0.3, -0.25) is 4.79 Å². The van der Waals surface area contributed by atoms with Crippen molar-refractivity contribution >= 4 is 22.8 Å². The van der Waals surface area contributed by atoms with E-state index in [-0.39, 0.29) is 5.56 Å². The van der Waals surface area contributed by atoms with Gasteiger partial charge in [0, 0.05) is 36.0 Å². The van der Waals surface area contributed by atoms with E-state index in [4.69, 9.17) is 9.72 Å². The molecule has 0 aliphatic carbocycles. The largest absolute Gasteiger partial charge is 0.496 e. The minimum atomic E-state index is -0.210. The van der Waals surface area contributed by atoms with Gasteiger partial charge in [-0.25, -0.2) is 4.98 Å². The van der Waals surface area contributed by atoms with E-state index in [0.29, 0.717) is 16.7 Å². The Balaban J connectivity index is 1.60. The van der Waals surface area contributed by atoms with Gasteiger partial charge in [-0.2, -0.15) is 9.78 Å². The van der Waals surface area contributed by atoms with Gasteiger partial charge < -0.3 is 9.64 Å². The van der Waals surface area contributed by atoms with Crippen LogP contribution in [0.5, 0.6) is 5.75 Å². The molecule has 3 aromatic carbocycles. The first kappa shape index (κ1) is 20.0. The van der Waals surface area contributed by atoms with Crippen LogP contribution in [0.2, 0.25) is 0 Å². The highest BCUT2D eigenvalue weighted by atomic mass is 16.5. The second kappa shape index (κ2) is 8.67. The predicted octanol–water partition coefficient (Wildman–Crippen LogP) is 4.55. The highest BCUT2D eigenvalue weighted by Gasteiger charge is 2.15. The summed E-state index contributed by atoms with van der Waals surface area (Å²) < 4.78 is 6.99. The van der Waals surface area contributed by atoms with E-state index in [1.54, 1.807) is 19.4 Å². The lowest BCUT2D eigenvalue weighted by Crippen LogP contribution is -2.20. The van der Waals surface area contributed by atoms with Gasteiger partial charge >= 0.3 is 0 Å². The fourth-order valence-electron chi connectivity index (χ4n) is 4.10. The van der Waals surface area contributed by atoms with Crippen LogP contribution in [0.25, 0.3) is 22.3 Å². The molecule has 0 spiro atoms. The topological polar surface area (TPSA) is 59.7 Å². The number of para-hydroxylation sites is 1. The van der Waals surface area contributed by atoms with Gasteiger partial charge in [0.05, 0.1) is 24.2 Å². The average Bonchev–Trinajstić information content (AvgIpc) is 3.39. The molecule has 32 heavy (non-hydrogen) atoms. The highest BCUT2D eigenvalue weighted by Crippen LogP contribution is 2.27. The molecule has 1 aliphatic heterocycles. The second-order valence-corrected chi connectivity index (χ2v) is 7.80. The van der Waals surface area contributed by atoms with E-state index in [1.165, 1.54) is 17.5 Å². The first-order valence-corrected chi connectivity index (χ1v) is 10.8. The Labute approximate surface area is 186 Å². The molecule has 0 bridgehead atoms. The van der Waals surface area contributed by atoms with Crippen molar-refractivity contribution in [3.8, 4) is 17.1 Å². The highest BCUT2D eigenvalue weighted by molar-refractivity contribution is 5.85. The zero-order valence-electron chi connectivity index (χ0n) is 17.9. The van der Waals surface area contributed by atoms with Crippen molar-refractivity contribution < 1.29 is 4.74 Å². The average molecular weight is 425 g/mol. The Kier molecular flexibility index (Phi) is 5.42. The van der Waals surface area contributed by atoms with Gasteiger partial charge in [-0.05, 0) is 37.1 Å². The number of hydrogen-bond acceptors (Lipinski definition) is 5. The Bertz CT molecular complexity index is 1340. The molecule has 6 heteroatoms. The third-order valence-corrected chi connectivity index (χ3v) is 5.79. The monoisotopic (exact) mass is 424 g/mol. The summed E-state index contributed by atoms with van der Waals surface area (Å²) in [5.41, 5.74) is 3.21. The first-order valence-electron chi connectivity index (χ1n) is 10.8. The minimum Gasteiger partial charge on any atom is -0.496 e. The van der Waals surface area contributed by atoms with Crippen LogP contribution < -0.4 is 15.2 Å². The van der Waals surface area contributed by atoms with Crippen molar-refractivity contribution in [2.24, 2.45) is 5.10 Å². The summed E-state index contributed by atoms with van der Waals surface area (Å²) >= 11 is 0. The maximum atomic E-state index is 13.3. The molecule has 4 aromatic rings. The lowest BCUT2D eigenvalue weighted by molar-refractivity contribution is 0.414. The Hall–Kier alpha value is -3.93. The van der Waals surface area contributed by atoms with E-state index < -0.39 is 0 Å². The van der Waals surface area contributed by atoms with E-state index in [9.17, 15) is 4.79 Å². The summed E-state index contributed by atoms with van der Waals surface area (Å²) in [6.07, 6.45) is 4.09. The molecule has 2 heterocycles. The van der Waals surface area contributed by atoms with Gasteiger partial charge in [0.25, 0.3) is 5.56 Å². The van der Waals surface area contributed by atoms with Crippen LogP contribution >= 0.6 is 0 Å². The van der Waals surface area contributed by atoms with Crippen molar-refractivity contribution in [3.05, 3.63) is 88.7 Å². The fraction of sp³-hybridized carbons (Fsp3) is 0.192. The van der Waals surface area contributed by atoms with Crippen LogP contribution in [0.15, 0.2) is 82.7 Å². The van der Waals surface area contributed by atoms with Gasteiger partial charge in [0.1, 0.15) is 5.75 Å². The Morgan fingerprint density at radius 2 is 1.72 bits per heavy atom. The van der Waals surface area contributed by atoms with E-state index in [1.807, 2.05) is 60.7 Å². The molecule has 1 fully saturated rings. The molecule has 0 unspecified atom stereocenters. The molecule has 160 valence electrons. The fourth-order valence-corrected chi connectivity index (χ4v) is 4.10. The molecule has 0 N–H and O–H groups in total. The van der Waals surface area contributed by atoms with Crippen LogP contribution in [0.3, 0.4) is 0 Å². The van der Waals surface area contributed by atoms with Gasteiger partial charge in [-0.1, -0.05) is 42.5 Å². The van der Waals surface area contributed by atoms with Crippen molar-refractivity contribution in [1.82, 2.24) is 9.66 Å². The summed E-state index contributed by atoms with van der Waals surface area (Å²) in [5.74, 6) is 1.22. The maximum absolute atomic E-state index is 13.3. The molecule has 1 saturated heterocycles. The van der Waals surface area contributed by atoms with Crippen LogP contribution in [-0.4, -0.2) is 36.1 Å². The zero-order valence-corrected chi connectivity index (χ0v) is 17.9. The number of hydrogen-bond donors (Lipinski definition) is 0. The van der Waals surface area contributed by atoms with Gasteiger partial charge in [0.15, 0.2) is 5.82 Å². The molecule has 0 amide bonds. The number of methoxy groups -OCH3 is 1. The van der Waals surface area contributed by atoms with E-state index in [2.05, 4.69) is 16.1 Å².